The Kier molecular flexibility index (Phi) is 5.59. The first-order chi connectivity index (χ1) is 14.0. The molecule has 0 aliphatic carbocycles. The standard InChI is InChI=1S/C20H24N6O2S/c1-29(27,28)26-16-6-4-15(5-7-16)17-11-18-19(23-10-9-22-18)20(25-17)24-13-14-3-2-8-21-12-14/h4-7,9-11,14,21,26H,2-3,8,12-13H2,1H3,(H,24,25). The normalized spacial score (nSPS) is 17.2. The molecule has 0 radical (unpaired) electrons. The number of nitrogens with one attached hydrogen (secondary N) is 3. The molecule has 152 valence electrons. The quantitative estimate of drug-likeness (QED) is 0.571. The van der Waals surface area contributed by atoms with Crippen LogP contribution in [0, 0.1) is 5.92 Å². The average Bonchev–Trinajstić information content (AvgIpc) is 2.72. The Labute approximate surface area is 170 Å². The third-order valence-corrected chi connectivity index (χ3v) is 5.50. The molecule has 1 aliphatic rings. The lowest BCUT2D eigenvalue weighted by molar-refractivity contribution is 0.392. The molecule has 2 aromatic heterocycles. The van der Waals surface area contributed by atoms with E-state index in [-0.39, 0.29) is 0 Å². The zero-order chi connectivity index (χ0) is 20.3. The Morgan fingerprint density at radius 2 is 1.97 bits per heavy atom. The summed E-state index contributed by atoms with van der Waals surface area (Å²) in [6.45, 7) is 2.92. The van der Waals surface area contributed by atoms with E-state index >= 15 is 0 Å². The molecular weight excluding hydrogens is 388 g/mol. The largest absolute Gasteiger partial charge is 0.368 e. The zero-order valence-corrected chi connectivity index (χ0v) is 17.0. The lowest BCUT2D eigenvalue weighted by Gasteiger charge is -2.23. The van der Waals surface area contributed by atoms with Crippen LogP contribution in [0.1, 0.15) is 12.8 Å². The van der Waals surface area contributed by atoms with E-state index in [0.717, 1.165) is 54.0 Å². The monoisotopic (exact) mass is 412 g/mol. The van der Waals surface area contributed by atoms with Gasteiger partial charge >= 0.3 is 0 Å². The van der Waals surface area contributed by atoms with Gasteiger partial charge in [-0.2, -0.15) is 0 Å². The van der Waals surface area contributed by atoms with Crippen LogP contribution < -0.4 is 15.4 Å². The summed E-state index contributed by atoms with van der Waals surface area (Å²) in [6, 6.07) is 9.02. The third-order valence-electron chi connectivity index (χ3n) is 4.90. The molecular formula is C20H24N6O2S. The molecule has 0 saturated carbocycles. The summed E-state index contributed by atoms with van der Waals surface area (Å²) in [6.07, 6.45) is 6.85. The summed E-state index contributed by atoms with van der Waals surface area (Å²) in [5.41, 5.74) is 3.66. The molecule has 1 atom stereocenters. The molecule has 0 spiro atoms. The zero-order valence-electron chi connectivity index (χ0n) is 16.2. The molecule has 1 saturated heterocycles. The minimum atomic E-state index is -3.31. The third kappa shape index (κ3) is 4.99. The molecule has 1 aromatic carbocycles. The van der Waals surface area contributed by atoms with E-state index in [4.69, 9.17) is 4.98 Å². The van der Waals surface area contributed by atoms with Crippen molar-refractivity contribution in [3.8, 4) is 11.3 Å². The molecule has 8 nitrogen and oxygen atoms in total. The van der Waals surface area contributed by atoms with Gasteiger partial charge in [-0.25, -0.2) is 18.4 Å². The maximum absolute atomic E-state index is 11.4. The Balaban J connectivity index is 1.62. The molecule has 0 bridgehead atoms. The van der Waals surface area contributed by atoms with Crippen molar-refractivity contribution in [1.82, 2.24) is 20.3 Å². The first-order valence-corrected chi connectivity index (χ1v) is 11.5. The number of anilines is 2. The van der Waals surface area contributed by atoms with Crippen molar-refractivity contribution in [2.45, 2.75) is 12.8 Å². The van der Waals surface area contributed by atoms with Crippen LogP contribution in [0.15, 0.2) is 42.7 Å². The fourth-order valence-corrected chi connectivity index (χ4v) is 4.07. The van der Waals surface area contributed by atoms with Gasteiger partial charge < -0.3 is 10.6 Å². The van der Waals surface area contributed by atoms with E-state index in [1.807, 2.05) is 18.2 Å². The summed E-state index contributed by atoms with van der Waals surface area (Å²) in [5, 5.41) is 6.89. The van der Waals surface area contributed by atoms with Crippen LogP contribution in [0.25, 0.3) is 22.3 Å². The number of pyridine rings is 1. The Morgan fingerprint density at radius 3 is 2.69 bits per heavy atom. The maximum Gasteiger partial charge on any atom is 0.229 e. The van der Waals surface area contributed by atoms with Crippen molar-refractivity contribution in [1.29, 1.82) is 0 Å². The molecule has 1 fully saturated rings. The van der Waals surface area contributed by atoms with Crippen molar-refractivity contribution >= 4 is 32.6 Å². The van der Waals surface area contributed by atoms with Gasteiger partial charge in [0, 0.05) is 30.2 Å². The lowest BCUT2D eigenvalue weighted by Crippen LogP contribution is -2.33. The number of benzene rings is 1. The number of sulfonamides is 1. The number of piperidine rings is 1. The van der Waals surface area contributed by atoms with Gasteiger partial charge in [-0.15, -0.1) is 0 Å². The van der Waals surface area contributed by atoms with E-state index < -0.39 is 10.0 Å². The van der Waals surface area contributed by atoms with Crippen molar-refractivity contribution < 1.29 is 8.42 Å². The van der Waals surface area contributed by atoms with Crippen LogP contribution in [-0.4, -0.2) is 49.3 Å². The van der Waals surface area contributed by atoms with Gasteiger partial charge in [-0.1, -0.05) is 12.1 Å². The SMILES string of the molecule is CS(=O)(=O)Nc1ccc(-c2cc3nccnc3c(NCC3CCCNC3)n2)cc1. The average molecular weight is 413 g/mol. The highest BCUT2D eigenvalue weighted by atomic mass is 32.2. The van der Waals surface area contributed by atoms with Crippen LogP contribution in [0.5, 0.6) is 0 Å². The molecule has 29 heavy (non-hydrogen) atoms. The first kappa shape index (κ1) is 19.5. The van der Waals surface area contributed by atoms with Gasteiger partial charge in [0.1, 0.15) is 5.52 Å². The smallest absolute Gasteiger partial charge is 0.229 e. The molecule has 0 amide bonds. The lowest BCUT2D eigenvalue weighted by atomic mass is 10.00. The summed E-state index contributed by atoms with van der Waals surface area (Å²) in [4.78, 5) is 13.7. The summed E-state index contributed by atoms with van der Waals surface area (Å²) in [5.74, 6) is 1.27. The van der Waals surface area contributed by atoms with Gasteiger partial charge in [-0.05, 0) is 50.0 Å². The summed E-state index contributed by atoms with van der Waals surface area (Å²) >= 11 is 0. The Morgan fingerprint density at radius 1 is 1.17 bits per heavy atom. The highest BCUT2D eigenvalue weighted by Crippen LogP contribution is 2.27. The summed E-state index contributed by atoms with van der Waals surface area (Å²) in [7, 11) is -3.31. The molecule has 3 heterocycles. The predicted octanol–water partition coefficient (Wildman–Crippen LogP) is 2.47. The second kappa shape index (κ2) is 8.30. The maximum atomic E-state index is 11.4. The van der Waals surface area contributed by atoms with E-state index in [2.05, 4.69) is 25.3 Å². The number of aromatic nitrogens is 3. The molecule has 4 rings (SSSR count). The van der Waals surface area contributed by atoms with Gasteiger partial charge in [-0.3, -0.25) is 9.71 Å². The van der Waals surface area contributed by atoms with Crippen molar-refractivity contribution in [2.75, 3.05) is 35.9 Å². The number of nitrogens with zero attached hydrogens (tertiary/aromatic N) is 3. The molecule has 1 unspecified atom stereocenters. The number of hydrogen-bond donors (Lipinski definition) is 3. The molecule has 9 heteroatoms. The second-order valence-electron chi connectivity index (χ2n) is 7.33. The first-order valence-electron chi connectivity index (χ1n) is 9.62. The van der Waals surface area contributed by atoms with Gasteiger partial charge in [0.2, 0.25) is 10.0 Å². The van der Waals surface area contributed by atoms with Gasteiger partial charge in [0.15, 0.2) is 5.82 Å². The van der Waals surface area contributed by atoms with Crippen LogP contribution in [0.2, 0.25) is 0 Å². The fourth-order valence-electron chi connectivity index (χ4n) is 3.51. The minimum Gasteiger partial charge on any atom is -0.368 e. The number of hydrogen-bond acceptors (Lipinski definition) is 7. The second-order valence-corrected chi connectivity index (χ2v) is 9.07. The fraction of sp³-hybridized carbons (Fsp3) is 0.350. The van der Waals surface area contributed by atoms with Gasteiger partial charge in [0.25, 0.3) is 0 Å². The Bertz CT molecular complexity index is 1100. The Hall–Kier alpha value is -2.78. The number of rotatable bonds is 6. The van der Waals surface area contributed by atoms with Crippen LogP contribution in [0.4, 0.5) is 11.5 Å². The van der Waals surface area contributed by atoms with E-state index in [0.29, 0.717) is 11.6 Å². The van der Waals surface area contributed by atoms with Crippen LogP contribution >= 0.6 is 0 Å². The predicted molar refractivity (Wildman–Crippen MR) is 115 cm³/mol. The van der Waals surface area contributed by atoms with Gasteiger partial charge in [0.05, 0.1) is 17.5 Å². The van der Waals surface area contributed by atoms with E-state index in [9.17, 15) is 8.42 Å². The van der Waals surface area contributed by atoms with Crippen LogP contribution in [0.3, 0.4) is 0 Å². The van der Waals surface area contributed by atoms with Crippen molar-refractivity contribution in [3.05, 3.63) is 42.7 Å². The van der Waals surface area contributed by atoms with Crippen LogP contribution in [-0.2, 0) is 10.0 Å². The summed E-state index contributed by atoms with van der Waals surface area (Å²) < 4.78 is 25.3. The molecule has 3 aromatic rings. The van der Waals surface area contributed by atoms with E-state index in [1.54, 1.807) is 24.5 Å². The van der Waals surface area contributed by atoms with Crippen molar-refractivity contribution in [3.63, 3.8) is 0 Å². The highest BCUT2D eigenvalue weighted by Gasteiger charge is 2.15. The molecule has 1 aliphatic heterocycles. The highest BCUT2D eigenvalue weighted by molar-refractivity contribution is 7.92. The molecule has 3 N–H and O–H groups in total. The minimum absolute atomic E-state index is 0.514. The van der Waals surface area contributed by atoms with Crippen molar-refractivity contribution in [2.24, 2.45) is 5.92 Å². The van der Waals surface area contributed by atoms with E-state index in [1.165, 1.54) is 12.8 Å². The topological polar surface area (TPSA) is 109 Å². The number of fused-ring (bicyclic) bond motifs is 1.